The van der Waals surface area contributed by atoms with Crippen molar-refractivity contribution in [1.82, 2.24) is 24.9 Å². The number of aromatic nitrogens is 5. The number of hydrogen-bond donors (Lipinski definition) is 2. The average Bonchev–Trinajstić information content (AvgIpc) is 3.98. The summed E-state index contributed by atoms with van der Waals surface area (Å²) in [6, 6.07) is 13.5. The quantitative estimate of drug-likeness (QED) is 0.203. The van der Waals surface area contributed by atoms with Gasteiger partial charge in [-0.05, 0) is 123 Å². The van der Waals surface area contributed by atoms with E-state index in [0.717, 1.165) is 39.4 Å². The summed E-state index contributed by atoms with van der Waals surface area (Å²) in [7, 11) is 0. The van der Waals surface area contributed by atoms with Crippen molar-refractivity contribution >= 4 is 46.4 Å². The zero-order valence-corrected chi connectivity index (χ0v) is 28.1. The third kappa shape index (κ3) is 5.55. The van der Waals surface area contributed by atoms with Gasteiger partial charge in [-0.3, -0.25) is 4.98 Å². The van der Waals surface area contributed by atoms with Crippen molar-refractivity contribution < 1.29 is 0 Å². The van der Waals surface area contributed by atoms with E-state index >= 15 is 0 Å². The molecule has 0 aromatic carbocycles. The van der Waals surface area contributed by atoms with Crippen LogP contribution in [0.5, 0.6) is 0 Å². The SMILES string of the molecule is C1=Cc2nc1c(C1CCCCC1)c1nc(c(C3CCCCC3)c3ccc([nH]3)c(-c3ccncc3)c3ccc([nH]3)c2C2CCCCC2)C=C1. The summed E-state index contributed by atoms with van der Waals surface area (Å²) in [5, 5.41) is 0. The summed E-state index contributed by atoms with van der Waals surface area (Å²) in [6.45, 7) is 0. The van der Waals surface area contributed by atoms with Gasteiger partial charge in [0.2, 0.25) is 0 Å². The number of rotatable bonds is 4. The van der Waals surface area contributed by atoms with Crippen LogP contribution >= 0.6 is 0 Å². The maximum atomic E-state index is 5.56. The lowest BCUT2D eigenvalue weighted by Crippen LogP contribution is -2.09. The number of fused-ring (bicyclic) bond motifs is 8. The molecule has 5 aliphatic rings. The van der Waals surface area contributed by atoms with E-state index in [1.165, 1.54) is 130 Å². The van der Waals surface area contributed by atoms with Crippen LogP contribution < -0.4 is 0 Å². The van der Waals surface area contributed by atoms with Crippen molar-refractivity contribution in [3.8, 4) is 11.1 Å². The second-order valence-corrected chi connectivity index (χ2v) is 14.9. The Labute approximate surface area is 284 Å². The monoisotopic (exact) mass is 633 g/mol. The standard InChI is InChI=1S/C43H47N5/c1-4-10-28(11-5-1)40-32-16-18-34(45-32)41(29-12-6-2-7-13-29)36-20-22-38(47-36)43(31-24-26-44-27-25-31)39-23-21-37(48-39)42(30-14-8-3-9-15-30)35-19-17-33(40)46-35/h16-30,47-48H,1-15H2. The molecule has 2 aliphatic heterocycles. The van der Waals surface area contributed by atoms with Gasteiger partial charge in [-0.2, -0.15) is 0 Å². The Morgan fingerprint density at radius 1 is 0.417 bits per heavy atom. The highest BCUT2D eigenvalue weighted by Gasteiger charge is 2.27. The maximum Gasteiger partial charge on any atom is 0.0694 e. The smallest absolute Gasteiger partial charge is 0.0694 e. The van der Waals surface area contributed by atoms with Crippen LogP contribution in [0.3, 0.4) is 0 Å². The van der Waals surface area contributed by atoms with Crippen LogP contribution in [-0.2, 0) is 0 Å². The normalized spacial score (nSPS) is 19.2. The van der Waals surface area contributed by atoms with Crippen molar-refractivity contribution in [3.05, 3.63) is 88.3 Å². The molecule has 2 N–H and O–H groups in total. The lowest BCUT2D eigenvalue weighted by atomic mass is 9.82. The van der Waals surface area contributed by atoms with Crippen LogP contribution in [0.2, 0.25) is 0 Å². The molecule has 0 unspecified atom stereocenters. The van der Waals surface area contributed by atoms with Crippen molar-refractivity contribution in [1.29, 1.82) is 0 Å². The molecule has 8 bridgehead atoms. The first-order chi connectivity index (χ1) is 23.8. The second kappa shape index (κ2) is 13.0. The molecule has 3 saturated carbocycles. The van der Waals surface area contributed by atoms with Gasteiger partial charge in [-0.1, -0.05) is 57.8 Å². The first-order valence-electron chi connectivity index (χ1n) is 18.9. The van der Waals surface area contributed by atoms with Crippen LogP contribution in [0.15, 0.2) is 48.8 Å². The number of hydrogen-bond acceptors (Lipinski definition) is 3. The first kappa shape index (κ1) is 29.9. The van der Waals surface area contributed by atoms with E-state index in [-0.39, 0.29) is 0 Å². The van der Waals surface area contributed by atoms with Gasteiger partial charge in [0.1, 0.15) is 0 Å². The zero-order chi connectivity index (χ0) is 31.9. The molecule has 6 heterocycles. The molecule has 5 heteroatoms. The zero-order valence-electron chi connectivity index (χ0n) is 28.1. The molecule has 0 atom stereocenters. The minimum atomic E-state index is 0.503. The summed E-state index contributed by atoms with van der Waals surface area (Å²) < 4.78 is 0. The van der Waals surface area contributed by atoms with Gasteiger partial charge in [0.25, 0.3) is 0 Å². The third-order valence-corrected chi connectivity index (χ3v) is 11.9. The van der Waals surface area contributed by atoms with Gasteiger partial charge < -0.3 is 9.97 Å². The topological polar surface area (TPSA) is 70.2 Å². The van der Waals surface area contributed by atoms with E-state index < -0.39 is 0 Å². The van der Waals surface area contributed by atoms with Gasteiger partial charge in [-0.25, -0.2) is 9.97 Å². The van der Waals surface area contributed by atoms with E-state index in [1.54, 1.807) is 0 Å². The Bertz CT molecular complexity index is 1910. The Kier molecular flexibility index (Phi) is 8.08. The fraction of sp³-hybridized carbons (Fsp3) is 0.419. The minimum Gasteiger partial charge on any atom is -0.355 e. The largest absolute Gasteiger partial charge is 0.355 e. The Morgan fingerprint density at radius 2 is 0.792 bits per heavy atom. The average molecular weight is 634 g/mol. The van der Waals surface area contributed by atoms with Crippen LogP contribution in [0.4, 0.5) is 0 Å². The third-order valence-electron chi connectivity index (χ3n) is 11.9. The number of nitrogens with one attached hydrogen (secondary N) is 2. The van der Waals surface area contributed by atoms with E-state index in [0.29, 0.717) is 17.8 Å². The summed E-state index contributed by atoms with van der Waals surface area (Å²) >= 11 is 0. The first-order valence-corrected chi connectivity index (χ1v) is 18.9. The maximum absolute atomic E-state index is 5.56. The van der Waals surface area contributed by atoms with Gasteiger partial charge in [-0.15, -0.1) is 0 Å². The summed E-state index contributed by atoms with van der Waals surface area (Å²) in [6.07, 6.45) is 32.1. The van der Waals surface area contributed by atoms with E-state index in [2.05, 4.69) is 75.7 Å². The van der Waals surface area contributed by atoms with Gasteiger partial charge in [0.05, 0.1) is 22.8 Å². The van der Waals surface area contributed by atoms with Crippen LogP contribution in [-0.4, -0.2) is 24.9 Å². The van der Waals surface area contributed by atoms with Gasteiger partial charge in [0.15, 0.2) is 0 Å². The van der Waals surface area contributed by atoms with Crippen LogP contribution in [0, 0.1) is 0 Å². The van der Waals surface area contributed by atoms with Crippen molar-refractivity contribution in [2.75, 3.05) is 0 Å². The predicted molar refractivity (Wildman–Crippen MR) is 200 cm³/mol. The highest BCUT2D eigenvalue weighted by molar-refractivity contribution is 5.94. The summed E-state index contributed by atoms with van der Waals surface area (Å²) in [4.78, 5) is 23.4. The van der Waals surface area contributed by atoms with E-state index in [4.69, 9.17) is 9.97 Å². The molecule has 5 nitrogen and oxygen atoms in total. The molecule has 0 saturated heterocycles. The Balaban J connectivity index is 1.40. The second-order valence-electron chi connectivity index (χ2n) is 14.9. The minimum absolute atomic E-state index is 0.503. The summed E-state index contributed by atoms with van der Waals surface area (Å²) in [5.41, 5.74) is 15.7. The van der Waals surface area contributed by atoms with Crippen LogP contribution in [0.1, 0.15) is 154 Å². The van der Waals surface area contributed by atoms with Crippen LogP contribution in [0.25, 0.3) is 57.5 Å². The lowest BCUT2D eigenvalue weighted by molar-refractivity contribution is 0.441. The molecule has 0 spiro atoms. The lowest BCUT2D eigenvalue weighted by Gasteiger charge is -2.24. The van der Waals surface area contributed by atoms with Crippen molar-refractivity contribution in [3.63, 3.8) is 0 Å². The fourth-order valence-electron chi connectivity index (χ4n) is 9.55. The molecule has 3 aliphatic carbocycles. The van der Waals surface area contributed by atoms with E-state index in [1.807, 2.05) is 12.4 Å². The van der Waals surface area contributed by atoms with Gasteiger partial charge >= 0.3 is 0 Å². The number of nitrogens with zero attached hydrogens (tertiary/aromatic N) is 3. The number of pyridine rings is 1. The molecular weight excluding hydrogens is 587 g/mol. The summed E-state index contributed by atoms with van der Waals surface area (Å²) in [5.74, 6) is 1.51. The molecule has 9 rings (SSSR count). The fourth-order valence-corrected chi connectivity index (χ4v) is 9.55. The highest BCUT2D eigenvalue weighted by atomic mass is 14.8. The van der Waals surface area contributed by atoms with Crippen molar-refractivity contribution in [2.24, 2.45) is 0 Å². The predicted octanol–water partition coefficient (Wildman–Crippen LogP) is 11.9. The Morgan fingerprint density at radius 3 is 1.23 bits per heavy atom. The number of aromatic amines is 2. The molecule has 48 heavy (non-hydrogen) atoms. The molecule has 244 valence electrons. The number of H-pyrrole nitrogens is 2. The highest BCUT2D eigenvalue weighted by Crippen LogP contribution is 2.43. The molecular formula is C43H47N5. The molecule has 0 amide bonds. The Hall–Kier alpha value is -4.25. The van der Waals surface area contributed by atoms with E-state index in [9.17, 15) is 0 Å². The molecule has 4 aromatic heterocycles. The molecule has 3 fully saturated rings. The van der Waals surface area contributed by atoms with Gasteiger partial charge in [0, 0.05) is 56.7 Å². The molecule has 0 radical (unpaired) electrons. The van der Waals surface area contributed by atoms with Crippen molar-refractivity contribution in [2.45, 2.75) is 114 Å². The molecule has 4 aromatic rings.